The van der Waals surface area contributed by atoms with Crippen LogP contribution in [0.4, 0.5) is 10.5 Å². The maximum Gasteiger partial charge on any atom is 0.321 e. The molecule has 6 heteroatoms. The molecule has 3 rings (SSSR count). The van der Waals surface area contributed by atoms with Gasteiger partial charge in [0.2, 0.25) is 0 Å². The number of benzene rings is 2. The SMILES string of the molecule is O=C(O)[C@H]1CCCN(C(=O)Nc2ccccc2Oc2ccccc2)C1. The summed E-state index contributed by atoms with van der Waals surface area (Å²) in [4.78, 5) is 25.2. The molecule has 0 saturated carbocycles. The number of aliphatic carboxylic acids is 1. The maximum atomic E-state index is 12.5. The molecule has 6 nitrogen and oxygen atoms in total. The van der Waals surface area contributed by atoms with Gasteiger partial charge in [-0.05, 0) is 37.1 Å². The number of carboxylic acid groups (broad SMARTS) is 1. The number of para-hydroxylation sites is 3. The van der Waals surface area contributed by atoms with E-state index in [2.05, 4.69) is 5.32 Å². The molecule has 1 aliphatic heterocycles. The molecule has 0 radical (unpaired) electrons. The number of likely N-dealkylation sites (tertiary alicyclic amines) is 1. The Bertz CT molecular complexity index is 748. The molecular formula is C19H20N2O4. The van der Waals surface area contributed by atoms with E-state index in [-0.39, 0.29) is 12.6 Å². The van der Waals surface area contributed by atoms with E-state index in [0.717, 1.165) is 0 Å². The van der Waals surface area contributed by atoms with Crippen molar-refractivity contribution in [1.29, 1.82) is 0 Å². The lowest BCUT2D eigenvalue weighted by molar-refractivity contribution is -0.143. The number of nitrogens with one attached hydrogen (secondary N) is 1. The fraction of sp³-hybridized carbons (Fsp3) is 0.263. The lowest BCUT2D eigenvalue weighted by Gasteiger charge is -2.30. The number of rotatable bonds is 4. The summed E-state index contributed by atoms with van der Waals surface area (Å²) in [5.41, 5.74) is 0.550. The van der Waals surface area contributed by atoms with Crippen LogP contribution in [0.1, 0.15) is 12.8 Å². The van der Waals surface area contributed by atoms with Crippen molar-refractivity contribution in [2.24, 2.45) is 5.92 Å². The second-order valence-electron chi connectivity index (χ2n) is 5.96. The van der Waals surface area contributed by atoms with E-state index in [4.69, 9.17) is 9.84 Å². The predicted octanol–water partition coefficient (Wildman–Crippen LogP) is 3.81. The van der Waals surface area contributed by atoms with Gasteiger partial charge in [0, 0.05) is 13.1 Å². The van der Waals surface area contributed by atoms with E-state index in [1.165, 1.54) is 0 Å². The number of ether oxygens (including phenoxy) is 1. The van der Waals surface area contributed by atoms with Crippen LogP contribution in [0.3, 0.4) is 0 Å². The van der Waals surface area contributed by atoms with Gasteiger partial charge >= 0.3 is 12.0 Å². The number of anilines is 1. The number of amides is 2. The van der Waals surface area contributed by atoms with E-state index in [0.29, 0.717) is 36.6 Å². The topological polar surface area (TPSA) is 78.9 Å². The van der Waals surface area contributed by atoms with Crippen LogP contribution in [0.5, 0.6) is 11.5 Å². The molecule has 0 bridgehead atoms. The average Bonchev–Trinajstić information content (AvgIpc) is 2.64. The minimum Gasteiger partial charge on any atom is -0.481 e. The lowest BCUT2D eigenvalue weighted by Crippen LogP contribution is -2.44. The fourth-order valence-electron chi connectivity index (χ4n) is 2.83. The van der Waals surface area contributed by atoms with Crippen molar-refractivity contribution < 1.29 is 19.4 Å². The third-order valence-corrected chi connectivity index (χ3v) is 4.16. The molecule has 1 atom stereocenters. The van der Waals surface area contributed by atoms with Crippen molar-refractivity contribution >= 4 is 17.7 Å². The smallest absolute Gasteiger partial charge is 0.321 e. The molecule has 1 heterocycles. The third-order valence-electron chi connectivity index (χ3n) is 4.16. The van der Waals surface area contributed by atoms with Crippen LogP contribution in [0, 0.1) is 5.92 Å². The first-order chi connectivity index (χ1) is 12.1. The third kappa shape index (κ3) is 4.29. The summed E-state index contributed by atoms with van der Waals surface area (Å²) < 4.78 is 5.83. The normalized spacial score (nSPS) is 17.0. The molecule has 2 N–H and O–H groups in total. The number of carboxylic acids is 1. The molecule has 25 heavy (non-hydrogen) atoms. The first-order valence-corrected chi connectivity index (χ1v) is 8.24. The van der Waals surface area contributed by atoms with Crippen molar-refractivity contribution in [3.05, 3.63) is 54.6 Å². The van der Waals surface area contributed by atoms with E-state index in [9.17, 15) is 9.59 Å². The summed E-state index contributed by atoms with van der Waals surface area (Å²) in [6.07, 6.45) is 1.29. The number of nitrogens with zero attached hydrogens (tertiary/aromatic N) is 1. The summed E-state index contributed by atoms with van der Waals surface area (Å²) in [5, 5.41) is 12.0. The van der Waals surface area contributed by atoms with Crippen LogP contribution in [-0.2, 0) is 4.79 Å². The summed E-state index contributed by atoms with van der Waals surface area (Å²) in [6, 6.07) is 16.2. The zero-order valence-electron chi connectivity index (χ0n) is 13.7. The van der Waals surface area contributed by atoms with E-state index >= 15 is 0 Å². The van der Waals surface area contributed by atoms with Crippen molar-refractivity contribution in [2.45, 2.75) is 12.8 Å². The summed E-state index contributed by atoms with van der Waals surface area (Å²) in [6.45, 7) is 0.778. The minimum absolute atomic E-state index is 0.225. The summed E-state index contributed by atoms with van der Waals surface area (Å²) in [7, 11) is 0. The molecule has 0 aliphatic carbocycles. The minimum atomic E-state index is -0.856. The Kier molecular flexibility index (Phi) is 5.18. The monoisotopic (exact) mass is 340 g/mol. The Balaban J connectivity index is 1.70. The molecule has 130 valence electrons. The fourth-order valence-corrected chi connectivity index (χ4v) is 2.83. The van der Waals surface area contributed by atoms with Crippen molar-refractivity contribution in [2.75, 3.05) is 18.4 Å². The van der Waals surface area contributed by atoms with Crippen LogP contribution in [0.15, 0.2) is 54.6 Å². The lowest BCUT2D eigenvalue weighted by atomic mass is 9.99. The summed E-state index contributed by atoms with van der Waals surface area (Å²) in [5.74, 6) is -0.150. The second kappa shape index (κ2) is 7.70. The standard InChI is InChI=1S/C19H20N2O4/c22-18(23)14-7-6-12-21(13-14)19(24)20-16-10-4-5-11-17(16)25-15-8-2-1-3-9-15/h1-5,8-11,14H,6-7,12-13H2,(H,20,24)(H,22,23)/t14-/m0/s1. The van der Waals surface area contributed by atoms with Crippen molar-refractivity contribution in [3.63, 3.8) is 0 Å². The number of hydrogen-bond acceptors (Lipinski definition) is 3. The average molecular weight is 340 g/mol. The highest BCUT2D eigenvalue weighted by Crippen LogP contribution is 2.29. The van der Waals surface area contributed by atoms with E-state index < -0.39 is 11.9 Å². The van der Waals surface area contributed by atoms with E-state index in [1.54, 1.807) is 17.0 Å². The van der Waals surface area contributed by atoms with Gasteiger partial charge in [0.15, 0.2) is 5.75 Å². The molecule has 1 aliphatic rings. The van der Waals surface area contributed by atoms with Crippen molar-refractivity contribution in [3.8, 4) is 11.5 Å². The first kappa shape index (κ1) is 16.8. The Morgan fingerprint density at radius 3 is 2.56 bits per heavy atom. The molecule has 0 unspecified atom stereocenters. The van der Waals surface area contributed by atoms with Gasteiger partial charge in [-0.15, -0.1) is 0 Å². The van der Waals surface area contributed by atoms with Gasteiger partial charge in [0.1, 0.15) is 5.75 Å². The number of carbonyl (C=O) groups excluding carboxylic acids is 1. The van der Waals surface area contributed by atoms with Gasteiger partial charge in [-0.3, -0.25) is 4.79 Å². The highest BCUT2D eigenvalue weighted by molar-refractivity contribution is 5.91. The number of hydrogen-bond donors (Lipinski definition) is 2. The predicted molar refractivity (Wildman–Crippen MR) is 93.9 cm³/mol. The van der Waals surface area contributed by atoms with Crippen LogP contribution >= 0.6 is 0 Å². The second-order valence-corrected chi connectivity index (χ2v) is 5.96. The molecule has 1 saturated heterocycles. The molecular weight excluding hydrogens is 320 g/mol. The quantitative estimate of drug-likeness (QED) is 0.887. The van der Waals surface area contributed by atoms with Gasteiger partial charge in [-0.25, -0.2) is 4.79 Å². The van der Waals surface area contributed by atoms with Crippen LogP contribution in [-0.4, -0.2) is 35.1 Å². The molecule has 0 spiro atoms. The largest absolute Gasteiger partial charge is 0.481 e. The van der Waals surface area contributed by atoms with Gasteiger partial charge < -0.3 is 20.1 Å². The molecule has 2 aromatic rings. The van der Waals surface area contributed by atoms with Gasteiger partial charge in [0.25, 0.3) is 0 Å². The van der Waals surface area contributed by atoms with Crippen LogP contribution < -0.4 is 10.1 Å². The zero-order chi connectivity index (χ0) is 17.6. The van der Waals surface area contributed by atoms with Gasteiger partial charge in [0.05, 0.1) is 11.6 Å². The number of urea groups is 1. The van der Waals surface area contributed by atoms with Crippen molar-refractivity contribution in [1.82, 2.24) is 4.90 Å². The van der Waals surface area contributed by atoms with Gasteiger partial charge in [-0.1, -0.05) is 30.3 Å². The molecule has 2 amide bonds. The zero-order valence-corrected chi connectivity index (χ0v) is 13.7. The first-order valence-electron chi connectivity index (χ1n) is 8.24. The van der Waals surface area contributed by atoms with Crippen LogP contribution in [0.25, 0.3) is 0 Å². The maximum absolute atomic E-state index is 12.5. The summed E-state index contributed by atoms with van der Waals surface area (Å²) >= 11 is 0. The van der Waals surface area contributed by atoms with E-state index in [1.807, 2.05) is 42.5 Å². The Labute approximate surface area is 146 Å². The molecule has 0 aromatic heterocycles. The van der Waals surface area contributed by atoms with Gasteiger partial charge in [-0.2, -0.15) is 0 Å². The Morgan fingerprint density at radius 1 is 1.08 bits per heavy atom. The number of piperidine rings is 1. The highest BCUT2D eigenvalue weighted by Gasteiger charge is 2.28. The molecule has 2 aromatic carbocycles. The highest BCUT2D eigenvalue weighted by atomic mass is 16.5. The number of carbonyl (C=O) groups is 2. The van der Waals surface area contributed by atoms with Crippen LogP contribution in [0.2, 0.25) is 0 Å². The Morgan fingerprint density at radius 2 is 1.80 bits per heavy atom. The Hall–Kier alpha value is -3.02. The molecule has 1 fully saturated rings.